The first-order chi connectivity index (χ1) is 13.5. The van der Waals surface area contributed by atoms with Crippen LogP contribution in [0.3, 0.4) is 0 Å². The smallest absolute Gasteiger partial charge is 0.293 e. The number of rotatable bonds is 8. The first kappa shape index (κ1) is 19.6. The first-order valence-electron chi connectivity index (χ1n) is 8.87. The van der Waals surface area contributed by atoms with E-state index in [1.54, 1.807) is 17.5 Å². The van der Waals surface area contributed by atoms with Crippen molar-refractivity contribution in [2.75, 3.05) is 23.8 Å². The zero-order chi connectivity index (χ0) is 19.9. The van der Waals surface area contributed by atoms with E-state index in [0.717, 1.165) is 5.69 Å². The quantitative estimate of drug-likeness (QED) is 0.609. The molecule has 3 aromatic rings. The Labute approximate surface area is 167 Å². The van der Waals surface area contributed by atoms with Gasteiger partial charge in [0.15, 0.2) is 10.9 Å². The van der Waals surface area contributed by atoms with Gasteiger partial charge in [-0.2, -0.15) is 0 Å². The molecule has 3 rings (SSSR count). The average Bonchev–Trinajstić information content (AvgIpc) is 3.38. The number of thiazole rings is 1. The minimum atomic E-state index is -0.367. The van der Waals surface area contributed by atoms with Crippen molar-refractivity contribution >= 4 is 34.0 Å². The van der Waals surface area contributed by atoms with Crippen LogP contribution >= 0.6 is 11.3 Å². The topological polar surface area (TPSA) is 87.5 Å². The molecule has 0 aliphatic heterocycles. The zero-order valence-electron chi connectivity index (χ0n) is 15.7. The molecule has 0 radical (unpaired) electrons. The summed E-state index contributed by atoms with van der Waals surface area (Å²) in [4.78, 5) is 30.6. The molecule has 28 heavy (non-hydrogen) atoms. The SMILES string of the molecule is CC(CNC(=O)Cc1csc(NC(=O)c2ccco2)n1)N(C)c1ccccc1. The van der Waals surface area contributed by atoms with E-state index in [2.05, 4.69) is 27.4 Å². The number of nitrogens with zero attached hydrogens (tertiary/aromatic N) is 2. The van der Waals surface area contributed by atoms with Gasteiger partial charge in [0.25, 0.3) is 5.91 Å². The summed E-state index contributed by atoms with van der Waals surface area (Å²) in [6.07, 6.45) is 1.59. The van der Waals surface area contributed by atoms with Gasteiger partial charge in [-0.15, -0.1) is 11.3 Å². The predicted molar refractivity (Wildman–Crippen MR) is 110 cm³/mol. The predicted octanol–water partition coefficient (Wildman–Crippen LogP) is 3.17. The van der Waals surface area contributed by atoms with Gasteiger partial charge < -0.3 is 14.6 Å². The highest BCUT2D eigenvalue weighted by Crippen LogP contribution is 2.17. The monoisotopic (exact) mass is 398 g/mol. The number of hydrogen-bond acceptors (Lipinski definition) is 6. The highest BCUT2D eigenvalue weighted by Gasteiger charge is 2.14. The maximum Gasteiger partial charge on any atom is 0.293 e. The molecule has 0 spiro atoms. The number of hydrogen-bond donors (Lipinski definition) is 2. The number of anilines is 2. The Hall–Kier alpha value is -3.13. The number of nitrogens with one attached hydrogen (secondary N) is 2. The van der Waals surface area contributed by atoms with Gasteiger partial charge in [0, 0.05) is 30.7 Å². The van der Waals surface area contributed by atoms with Crippen molar-refractivity contribution in [3.8, 4) is 0 Å². The van der Waals surface area contributed by atoms with Gasteiger partial charge in [0.2, 0.25) is 5.91 Å². The van der Waals surface area contributed by atoms with Gasteiger partial charge in [-0.25, -0.2) is 4.98 Å². The fourth-order valence-corrected chi connectivity index (χ4v) is 3.26. The summed E-state index contributed by atoms with van der Waals surface area (Å²) in [5, 5.41) is 7.79. The van der Waals surface area contributed by atoms with Crippen molar-refractivity contribution < 1.29 is 14.0 Å². The second kappa shape index (κ2) is 9.18. The highest BCUT2D eigenvalue weighted by molar-refractivity contribution is 7.14. The molecule has 1 aromatic carbocycles. The number of aromatic nitrogens is 1. The number of para-hydroxylation sites is 1. The molecule has 2 N–H and O–H groups in total. The minimum absolute atomic E-state index is 0.109. The van der Waals surface area contributed by atoms with Gasteiger partial charge in [0.1, 0.15) is 0 Å². The van der Waals surface area contributed by atoms with E-state index >= 15 is 0 Å². The number of carbonyl (C=O) groups is 2. The second-order valence-electron chi connectivity index (χ2n) is 6.35. The third kappa shape index (κ3) is 5.20. The Morgan fingerprint density at radius 1 is 1.21 bits per heavy atom. The van der Waals surface area contributed by atoms with E-state index < -0.39 is 0 Å². The van der Waals surface area contributed by atoms with Crippen LogP contribution in [0.2, 0.25) is 0 Å². The summed E-state index contributed by atoms with van der Waals surface area (Å²) in [6, 6.07) is 13.4. The summed E-state index contributed by atoms with van der Waals surface area (Å²) in [5.41, 5.74) is 1.71. The van der Waals surface area contributed by atoms with Crippen LogP contribution in [0.15, 0.2) is 58.5 Å². The Bertz CT molecular complexity index is 909. The molecule has 0 bridgehead atoms. The number of carbonyl (C=O) groups excluding carboxylic acids is 2. The lowest BCUT2D eigenvalue weighted by atomic mass is 10.2. The molecule has 2 amide bonds. The molecule has 0 aliphatic rings. The molecular formula is C20H22N4O3S. The number of likely N-dealkylation sites (N-methyl/N-ethyl adjacent to an activating group) is 1. The van der Waals surface area contributed by atoms with E-state index in [0.29, 0.717) is 17.4 Å². The molecular weight excluding hydrogens is 376 g/mol. The molecule has 0 saturated carbocycles. The summed E-state index contributed by atoms with van der Waals surface area (Å²) in [7, 11) is 2.00. The van der Waals surface area contributed by atoms with Crippen LogP contribution in [0.1, 0.15) is 23.2 Å². The van der Waals surface area contributed by atoms with Crippen LogP contribution in [0.4, 0.5) is 10.8 Å². The second-order valence-corrected chi connectivity index (χ2v) is 7.21. The summed E-state index contributed by atoms with van der Waals surface area (Å²) < 4.78 is 5.04. The molecule has 2 aromatic heterocycles. The molecule has 146 valence electrons. The Kier molecular flexibility index (Phi) is 6.44. The van der Waals surface area contributed by atoms with Crippen LogP contribution in [0.5, 0.6) is 0 Å². The van der Waals surface area contributed by atoms with Gasteiger partial charge in [-0.05, 0) is 31.2 Å². The summed E-state index contributed by atoms with van der Waals surface area (Å²) in [5.74, 6) is -0.262. The van der Waals surface area contributed by atoms with E-state index in [1.165, 1.54) is 17.6 Å². The largest absolute Gasteiger partial charge is 0.459 e. The fraction of sp³-hybridized carbons (Fsp3) is 0.250. The highest BCUT2D eigenvalue weighted by atomic mass is 32.1. The molecule has 1 atom stereocenters. The van der Waals surface area contributed by atoms with Crippen LogP contribution in [0.25, 0.3) is 0 Å². The van der Waals surface area contributed by atoms with Gasteiger partial charge >= 0.3 is 0 Å². The molecule has 0 saturated heterocycles. The van der Waals surface area contributed by atoms with E-state index in [-0.39, 0.29) is 30.0 Å². The maximum atomic E-state index is 12.2. The number of amides is 2. The Morgan fingerprint density at radius 2 is 2.00 bits per heavy atom. The summed E-state index contributed by atoms with van der Waals surface area (Å²) in [6.45, 7) is 2.58. The molecule has 0 fully saturated rings. The van der Waals surface area contributed by atoms with E-state index in [4.69, 9.17) is 4.42 Å². The van der Waals surface area contributed by atoms with Crippen molar-refractivity contribution in [3.05, 3.63) is 65.6 Å². The van der Waals surface area contributed by atoms with Crippen LogP contribution in [0, 0.1) is 0 Å². The van der Waals surface area contributed by atoms with Gasteiger partial charge in [0.05, 0.1) is 18.4 Å². The maximum absolute atomic E-state index is 12.2. The molecule has 7 nitrogen and oxygen atoms in total. The van der Waals surface area contributed by atoms with Crippen LogP contribution in [-0.4, -0.2) is 36.4 Å². The van der Waals surface area contributed by atoms with Crippen molar-refractivity contribution in [2.45, 2.75) is 19.4 Å². The normalized spacial score (nSPS) is 11.6. The standard InChI is InChI=1S/C20H22N4O3S/c1-14(24(2)16-7-4-3-5-8-16)12-21-18(25)11-15-13-28-20(22-15)23-19(26)17-9-6-10-27-17/h3-10,13-14H,11-12H2,1-2H3,(H,21,25)(H,22,23,26). The zero-order valence-corrected chi connectivity index (χ0v) is 16.5. The van der Waals surface area contributed by atoms with Crippen molar-refractivity contribution in [1.29, 1.82) is 0 Å². The molecule has 8 heteroatoms. The van der Waals surface area contributed by atoms with Crippen LogP contribution in [-0.2, 0) is 11.2 Å². The van der Waals surface area contributed by atoms with Crippen molar-refractivity contribution in [2.24, 2.45) is 0 Å². The number of furan rings is 1. The fourth-order valence-electron chi connectivity index (χ4n) is 2.56. The lowest BCUT2D eigenvalue weighted by Crippen LogP contribution is -2.40. The molecule has 2 heterocycles. The lowest BCUT2D eigenvalue weighted by Gasteiger charge is -2.27. The van der Waals surface area contributed by atoms with Crippen molar-refractivity contribution in [3.63, 3.8) is 0 Å². The Morgan fingerprint density at radius 3 is 2.71 bits per heavy atom. The van der Waals surface area contributed by atoms with Crippen LogP contribution < -0.4 is 15.5 Å². The minimum Gasteiger partial charge on any atom is -0.459 e. The van der Waals surface area contributed by atoms with Crippen molar-refractivity contribution in [1.82, 2.24) is 10.3 Å². The molecule has 1 unspecified atom stereocenters. The molecule has 0 aliphatic carbocycles. The summed E-state index contributed by atoms with van der Waals surface area (Å²) >= 11 is 1.27. The Balaban J connectivity index is 1.46. The van der Waals surface area contributed by atoms with E-state index in [1.807, 2.05) is 37.4 Å². The van der Waals surface area contributed by atoms with Gasteiger partial charge in [-0.3, -0.25) is 14.9 Å². The van der Waals surface area contributed by atoms with E-state index in [9.17, 15) is 9.59 Å². The third-order valence-corrected chi connectivity index (χ3v) is 5.08. The first-order valence-corrected chi connectivity index (χ1v) is 9.74. The average molecular weight is 398 g/mol. The number of benzene rings is 1. The lowest BCUT2D eigenvalue weighted by molar-refractivity contribution is -0.120. The van der Waals surface area contributed by atoms with Gasteiger partial charge in [-0.1, -0.05) is 18.2 Å². The third-order valence-electron chi connectivity index (χ3n) is 4.28.